The predicted octanol–water partition coefficient (Wildman–Crippen LogP) is 2.00. The van der Waals surface area contributed by atoms with E-state index in [0.717, 1.165) is 5.57 Å². The van der Waals surface area contributed by atoms with Crippen LogP contribution in [0.3, 0.4) is 0 Å². The van der Waals surface area contributed by atoms with Crippen LogP contribution in [0.2, 0.25) is 0 Å². The molecule has 4 nitrogen and oxygen atoms in total. The summed E-state index contributed by atoms with van der Waals surface area (Å²) in [6, 6.07) is 0. The molecule has 0 saturated heterocycles. The zero-order valence-electron chi connectivity index (χ0n) is 9.90. The number of carboxylic acids is 1. The highest BCUT2D eigenvalue weighted by molar-refractivity contribution is 5.82. The lowest BCUT2D eigenvalue weighted by molar-refractivity contribution is -0.160. The highest BCUT2D eigenvalue weighted by Crippen LogP contribution is 2.31. The molecule has 0 saturated carbocycles. The molecule has 0 unspecified atom stereocenters. The van der Waals surface area contributed by atoms with Gasteiger partial charge in [-0.2, -0.15) is 0 Å². The minimum Gasteiger partial charge on any atom is -0.481 e. The summed E-state index contributed by atoms with van der Waals surface area (Å²) >= 11 is 0. The number of aliphatic carboxylic acids is 1. The van der Waals surface area contributed by atoms with Crippen molar-refractivity contribution in [2.45, 2.75) is 39.7 Å². The Labute approximate surface area is 95.3 Å². The lowest BCUT2D eigenvalue weighted by atomic mass is 9.80. The van der Waals surface area contributed by atoms with Gasteiger partial charge in [-0.3, -0.25) is 9.59 Å². The predicted molar refractivity (Wildman–Crippen MR) is 58.8 cm³/mol. The van der Waals surface area contributed by atoms with Crippen molar-refractivity contribution >= 4 is 11.9 Å². The summed E-state index contributed by atoms with van der Waals surface area (Å²) in [6.45, 7) is 5.44. The lowest BCUT2D eigenvalue weighted by Crippen LogP contribution is -2.34. The maximum atomic E-state index is 11.8. The standard InChI is InChI=1S/C12H18O4/c1-7(2)16-12(15)10-6-8(3)4-5-9(10)11(13)14/h4,7,9-10H,5-6H2,1-3H3,(H,13,14)/t9-,10+/m0/s1. The lowest BCUT2D eigenvalue weighted by Gasteiger charge is -2.26. The van der Waals surface area contributed by atoms with E-state index < -0.39 is 23.8 Å². The fourth-order valence-electron chi connectivity index (χ4n) is 1.91. The van der Waals surface area contributed by atoms with E-state index in [-0.39, 0.29) is 6.10 Å². The van der Waals surface area contributed by atoms with Crippen molar-refractivity contribution in [2.75, 3.05) is 0 Å². The van der Waals surface area contributed by atoms with Crippen molar-refractivity contribution in [3.63, 3.8) is 0 Å². The molecule has 1 aliphatic rings. The maximum absolute atomic E-state index is 11.8. The van der Waals surface area contributed by atoms with Crippen LogP contribution in [0.5, 0.6) is 0 Å². The molecule has 0 bridgehead atoms. The van der Waals surface area contributed by atoms with Crippen LogP contribution in [-0.2, 0) is 14.3 Å². The number of carbonyl (C=O) groups excluding carboxylic acids is 1. The topological polar surface area (TPSA) is 63.6 Å². The van der Waals surface area contributed by atoms with Gasteiger partial charge in [0.1, 0.15) is 0 Å². The van der Waals surface area contributed by atoms with Crippen LogP contribution >= 0.6 is 0 Å². The highest BCUT2D eigenvalue weighted by Gasteiger charge is 2.36. The summed E-state index contributed by atoms with van der Waals surface area (Å²) in [6.07, 6.45) is 2.59. The second-order valence-electron chi connectivity index (χ2n) is 4.53. The molecule has 0 radical (unpaired) electrons. The number of hydrogen-bond acceptors (Lipinski definition) is 3. The number of carboxylic acid groups (broad SMARTS) is 1. The van der Waals surface area contributed by atoms with E-state index in [2.05, 4.69) is 0 Å². The first-order valence-electron chi connectivity index (χ1n) is 5.50. The van der Waals surface area contributed by atoms with Crippen molar-refractivity contribution in [3.05, 3.63) is 11.6 Å². The Morgan fingerprint density at radius 1 is 1.44 bits per heavy atom. The largest absolute Gasteiger partial charge is 0.481 e. The second-order valence-corrected chi connectivity index (χ2v) is 4.53. The SMILES string of the molecule is CC1=CC[C@H](C(=O)O)[C@H](C(=O)OC(C)C)C1. The van der Waals surface area contributed by atoms with Gasteiger partial charge in [-0.05, 0) is 33.6 Å². The smallest absolute Gasteiger partial charge is 0.310 e. The quantitative estimate of drug-likeness (QED) is 0.590. The third-order valence-electron chi connectivity index (χ3n) is 2.72. The van der Waals surface area contributed by atoms with Crippen LogP contribution in [0.25, 0.3) is 0 Å². The van der Waals surface area contributed by atoms with E-state index in [1.165, 1.54) is 0 Å². The first-order valence-corrected chi connectivity index (χ1v) is 5.50. The van der Waals surface area contributed by atoms with Gasteiger partial charge < -0.3 is 9.84 Å². The summed E-state index contributed by atoms with van der Waals surface area (Å²) in [5, 5.41) is 9.04. The van der Waals surface area contributed by atoms with Crippen molar-refractivity contribution in [2.24, 2.45) is 11.8 Å². The highest BCUT2D eigenvalue weighted by atomic mass is 16.5. The average molecular weight is 226 g/mol. The molecule has 4 heteroatoms. The summed E-state index contributed by atoms with van der Waals surface area (Å²) < 4.78 is 5.09. The van der Waals surface area contributed by atoms with Crippen molar-refractivity contribution in [3.8, 4) is 0 Å². The zero-order valence-corrected chi connectivity index (χ0v) is 9.90. The van der Waals surface area contributed by atoms with Crippen molar-refractivity contribution in [1.29, 1.82) is 0 Å². The first-order chi connectivity index (χ1) is 7.41. The van der Waals surface area contributed by atoms with E-state index in [9.17, 15) is 9.59 Å². The summed E-state index contributed by atoms with van der Waals surface area (Å²) in [7, 11) is 0. The zero-order chi connectivity index (χ0) is 12.3. The molecule has 0 aromatic rings. The van der Waals surface area contributed by atoms with Crippen LogP contribution in [-0.4, -0.2) is 23.1 Å². The molecule has 0 spiro atoms. The molecule has 1 rings (SSSR count). The van der Waals surface area contributed by atoms with Crippen LogP contribution in [0.4, 0.5) is 0 Å². The second kappa shape index (κ2) is 5.14. The van der Waals surface area contributed by atoms with Gasteiger partial charge >= 0.3 is 11.9 Å². The van der Waals surface area contributed by atoms with Gasteiger partial charge in [-0.25, -0.2) is 0 Å². The molecule has 0 aromatic carbocycles. The Kier molecular flexibility index (Phi) is 4.10. The minimum absolute atomic E-state index is 0.201. The molecule has 0 heterocycles. The van der Waals surface area contributed by atoms with Gasteiger partial charge in [0, 0.05) is 0 Å². The number of allylic oxidation sites excluding steroid dienone is 2. The monoisotopic (exact) mass is 226 g/mol. The number of hydrogen-bond donors (Lipinski definition) is 1. The van der Waals surface area contributed by atoms with Crippen LogP contribution in [0, 0.1) is 11.8 Å². The molecule has 0 aliphatic heterocycles. The molecule has 0 aromatic heterocycles. The normalized spacial score (nSPS) is 25.1. The molecule has 1 aliphatic carbocycles. The van der Waals surface area contributed by atoms with Crippen molar-refractivity contribution < 1.29 is 19.4 Å². The Morgan fingerprint density at radius 3 is 2.56 bits per heavy atom. The van der Waals surface area contributed by atoms with Crippen molar-refractivity contribution in [1.82, 2.24) is 0 Å². The van der Waals surface area contributed by atoms with Gasteiger partial charge in [-0.1, -0.05) is 11.6 Å². The number of esters is 1. The van der Waals surface area contributed by atoms with E-state index in [1.807, 2.05) is 13.0 Å². The molecule has 16 heavy (non-hydrogen) atoms. The van der Waals surface area contributed by atoms with Gasteiger partial charge in [0.25, 0.3) is 0 Å². The summed E-state index contributed by atoms with van der Waals surface area (Å²) in [5.74, 6) is -2.50. The molecule has 2 atom stereocenters. The molecule has 0 amide bonds. The summed E-state index contributed by atoms with van der Waals surface area (Å²) in [5.41, 5.74) is 1.06. The van der Waals surface area contributed by atoms with Gasteiger partial charge in [0.05, 0.1) is 17.9 Å². The fourth-order valence-corrected chi connectivity index (χ4v) is 1.91. The van der Waals surface area contributed by atoms with Crippen LogP contribution in [0.1, 0.15) is 33.6 Å². The van der Waals surface area contributed by atoms with Gasteiger partial charge in [0.15, 0.2) is 0 Å². The van der Waals surface area contributed by atoms with E-state index in [1.54, 1.807) is 13.8 Å². The number of ether oxygens (including phenoxy) is 1. The van der Waals surface area contributed by atoms with Gasteiger partial charge in [0.2, 0.25) is 0 Å². The van der Waals surface area contributed by atoms with E-state index in [0.29, 0.717) is 12.8 Å². The van der Waals surface area contributed by atoms with E-state index in [4.69, 9.17) is 9.84 Å². The Hall–Kier alpha value is -1.32. The molecular weight excluding hydrogens is 208 g/mol. The molecule has 90 valence electrons. The maximum Gasteiger partial charge on any atom is 0.310 e. The fraction of sp³-hybridized carbons (Fsp3) is 0.667. The Morgan fingerprint density at radius 2 is 2.06 bits per heavy atom. The molecular formula is C12H18O4. The molecule has 1 N–H and O–H groups in total. The average Bonchev–Trinajstić information content (AvgIpc) is 2.15. The number of carbonyl (C=O) groups is 2. The first kappa shape index (κ1) is 12.7. The van der Waals surface area contributed by atoms with Crippen LogP contribution in [0.15, 0.2) is 11.6 Å². The Bertz CT molecular complexity index is 317. The third kappa shape index (κ3) is 3.08. The number of rotatable bonds is 3. The molecule has 0 fully saturated rings. The van der Waals surface area contributed by atoms with Crippen LogP contribution < -0.4 is 0 Å². The minimum atomic E-state index is -0.922. The van der Waals surface area contributed by atoms with Gasteiger partial charge in [-0.15, -0.1) is 0 Å². The third-order valence-corrected chi connectivity index (χ3v) is 2.72. The van der Waals surface area contributed by atoms with E-state index >= 15 is 0 Å². The Balaban J connectivity index is 2.78. The summed E-state index contributed by atoms with van der Waals surface area (Å²) in [4.78, 5) is 22.8.